The molecule has 0 saturated heterocycles. The van der Waals surface area contributed by atoms with Crippen molar-refractivity contribution in [3.63, 3.8) is 0 Å². The van der Waals surface area contributed by atoms with E-state index in [2.05, 4.69) is 4.74 Å². The monoisotopic (exact) mass is 275 g/mol. The van der Waals surface area contributed by atoms with Crippen LogP contribution in [0.3, 0.4) is 0 Å². The fraction of sp³-hybridized carbons (Fsp3) is 0.333. The molecule has 1 aromatic rings. The Kier molecular flexibility index (Phi) is 4.40. The molecule has 1 unspecified atom stereocenters. The molecule has 1 aliphatic rings. The van der Waals surface area contributed by atoms with E-state index >= 15 is 0 Å². The first-order valence-electron chi connectivity index (χ1n) is 6.47. The summed E-state index contributed by atoms with van der Waals surface area (Å²) in [7, 11) is 1.33. The van der Waals surface area contributed by atoms with E-state index in [1.807, 2.05) is 36.4 Å². The van der Waals surface area contributed by atoms with Crippen LogP contribution in [0.4, 0.5) is 10.5 Å². The minimum absolute atomic E-state index is 0.0974. The van der Waals surface area contributed by atoms with E-state index in [9.17, 15) is 9.59 Å². The van der Waals surface area contributed by atoms with Gasteiger partial charge in [0, 0.05) is 0 Å². The normalized spacial score (nSPS) is 16.5. The third kappa shape index (κ3) is 2.82. The third-order valence-corrected chi connectivity index (χ3v) is 3.09. The Morgan fingerprint density at radius 3 is 2.75 bits per heavy atom. The zero-order valence-corrected chi connectivity index (χ0v) is 11.5. The molecule has 0 spiro atoms. The molecule has 5 nitrogen and oxygen atoms in total. The summed E-state index contributed by atoms with van der Waals surface area (Å²) in [6, 6.07) is 7.09. The largest absolute Gasteiger partial charge is 0.469 e. The van der Waals surface area contributed by atoms with Crippen molar-refractivity contribution in [1.82, 2.24) is 0 Å². The molecule has 2 rings (SSSR count). The lowest BCUT2D eigenvalue weighted by Crippen LogP contribution is -2.42. The van der Waals surface area contributed by atoms with Crippen molar-refractivity contribution in [2.24, 2.45) is 0 Å². The number of carbonyl (C=O) groups is 2. The number of esters is 1. The molecule has 0 aromatic heterocycles. The van der Waals surface area contributed by atoms with Gasteiger partial charge in [-0.3, -0.25) is 9.69 Å². The van der Waals surface area contributed by atoms with Gasteiger partial charge in [0.2, 0.25) is 0 Å². The Morgan fingerprint density at radius 2 is 2.05 bits per heavy atom. The molecule has 5 heteroatoms. The van der Waals surface area contributed by atoms with Gasteiger partial charge in [0.1, 0.15) is 0 Å². The number of fused-ring (bicyclic) bond motifs is 1. The molecule has 0 bridgehead atoms. The first-order valence-corrected chi connectivity index (χ1v) is 6.47. The molecule has 0 aliphatic carbocycles. The van der Waals surface area contributed by atoms with Crippen LogP contribution in [0.5, 0.6) is 0 Å². The van der Waals surface area contributed by atoms with Gasteiger partial charge < -0.3 is 9.47 Å². The lowest BCUT2D eigenvalue weighted by Gasteiger charge is -2.32. The molecule has 0 N–H and O–H groups in total. The van der Waals surface area contributed by atoms with Crippen molar-refractivity contribution in [2.75, 3.05) is 18.6 Å². The SMILES string of the molecule is CCOC(=O)N1c2ccccc2C=CC1CC(=O)OC. The fourth-order valence-electron chi connectivity index (χ4n) is 2.17. The highest BCUT2D eigenvalue weighted by atomic mass is 16.6. The van der Waals surface area contributed by atoms with Crippen LogP contribution in [0, 0.1) is 0 Å². The Balaban J connectivity index is 2.33. The summed E-state index contributed by atoms with van der Waals surface area (Å²) in [4.78, 5) is 25.1. The van der Waals surface area contributed by atoms with Gasteiger partial charge in [-0.1, -0.05) is 30.4 Å². The number of carbonyl (C=O) groups excluding carboxylic acids is 2. The van der Waals surface area contributed by atoms with Crippen molar-refractivity contribution < 1.29 is 19.1 Å². The molecular formula is C15H17NO4. The van der Waals surface area contributed by atoms with Crippen LogP contribution in [-0.2, 0) is 14.3 Å². The van der Waals surface area contributed by atoms with Crippen molar-refractivity contribution in [3.8, 4) is 0 Å². The van der Waals surface area contributed by atoms with E-state index in [0.717, 1.165) is 11.3 Å². The predicted octanol–water partition coefficient (Wildman–Crippen LogP) is 2.61. The number of para-hydroxylation sites is 1. The molecule has 20 heavy (non-hydrogen) atoms. The molecule has 1 aromatic carbocycles. The van der Waals surface area contributed by atoms with Crippen molar-refractivity contribution in [3.05, 3.63) is 35.9 Å². The molecule has 1 atom stereocenters. The molecule has 1 amide bonds. The van der Waals surface area contributed by atoms with Crippen molar-refractivity contribution >= 4 is 23.8 Å². The van der Waals surface area contributed by atoms with Crippen LogP contribution in [0.25, 0.3) is 6.08 Å². The van der Waals surface area contributed by atoms with Gasteiger partial charge in [0.15, 0.2) is 0 Å². The predicted molar refractivity (Wildman–Crippen MR) is 75.4 cm³/mol. The lowest BCUT2D eigenvalue weighted by atomic mass is 10.0. The van der Waals surface area contributed by atoms with Crippen LogP contribution in [0.2, 0.25) is 0 Å². The van der Waals surface area contributed by atoms with Crippen molar-refractivity contribution in [1.29, 1.82) is 0 Å². The van der Waals surface area contributed by atoms with E-state index < -0.39 is 12.1 Å². The van der Waals surface area contributed by atoms with Gasteiger partial charge in [0.05, 0.1) is 31.9 Å². The van der Waals surface area contributed by atoms with Crippen LogP contribution < -0.4 is 4.90 Å². The smallest absolute Gasteiger partial charge is 0.414 e. The Morgan fingerprint density at radius 1 is 1.30 bits per heavy atom. The van der Waals surface area contributed by atoms with Gasteiger partial charge in [-0.15, -0.1) is 0 Å². The quantitative estimate of drug-likeness (QED) is 0.796. The first kappa shape index (κ1) is 14.1. The number of methoxy groups -OCH3 is 1. The zero-order valence-electron chi connectivity index (χ0n) is 11.5. The Labute approximate surface area is 117 Å². The summed E-state index contributed by atoms with van der Waals surface area (Å²) in [5.74, 6) is -0.367. The number of amides is 1. The second-order valence-corrected chi connectivity index (χ2v) is 4.33. The second kappa shape index (κ2) is 6.23. The van der Waals surface area contributed by atoms with Gasteiger partial charge in [-0.25, -0.2) is 4.79 Å². The molecule has 0 radical (unpaired) electrons. The number of ether oxygens (including phenoxy) is 2. The molecule has 1 heterocycles. The molecular weight excluding hydrogens is 258 g/mol. The maximum absolute atomic E-state index is 12.2. The van der Waals surface area contributed by atoms with Crippen LogP contribution in [0.1, 0.15) is 18.9 Å². The van der Waals surface area contributed by atoms with Gasteiger partial charge in [-0.05, 0) is 18.6 Å². The zero-order chi connectivity index (χ0) is 14.5. The highest BCUT2D eigenvalue weighted by Gasteiger charge is 2.30. The lowest BCUT2D eigenvalue weighted by molar-refractivity contribution is -0.140. The summed E-state index contributed by atoms with van der Waals surface area (Å²) in [6.45, 7) is 2.03. The van der Waals surface area contributed by atoms with E-state index in [1.165, 1.54) is 12.0 Å². The first-order chi connectivity index (χ1) is 9.67. The minimum Gasteiger partial charge on any atom is -0.469 e. The Bertz CT molecular complexity index is 538. The number of benzene rings is 1. The third-order valence-electron chi connectivity index (χ3n) is 3.09. The average molecular weight is 275 g/mol. The Hall–Kier alpha value is -2.30. The van der Waals surface area contributed by atoms with Crippen molar-refractivity contribution in [2.45, 2.75) is 19.4 Å². The second-order valence-electron chi connectivity index (χ2n) is 4.33. The van der Waals surface area contributed by atoms with Gasteiger partial charge in [0.25, 0.3) is 0 Å². The van der Waals surface area contributed by atoms with Crippen LogP contribution in [-0.4, -0.2) is 31.8 Å². The van der Waals surface area contributed by atoms with E-state index in [4.69, 9.17) is 4.74 Å². The summed E-state index contributed by atoms with van der Waals surface area (Å²) in [6.07, 6.45) is 3.35. The van der Waals surface area contributed by atoms with Crippen LogP contribution in [0.15, 0.2) is 30.3 Å². The maximum atomic E-state index is 12.2. The number of rotatable bonds is 3. The molecule has 0 saturated carbocycles. The van der Waals surface area contributed by atoms with Gasteiger partial charge >= 0.3 is 12.1 Å². The fourth-order valence-corrected chi connectivity index (χ4v) is 2.17. The molecule has 1 aliphatic heterocycles. The highest BCUT2D eigenvalue weighted by molar-refractivity contribution is 5.94. The van der Waals surface area contributed by atoms with E-state index in [1.54, 1.807) is 6.92 Å². The number of anilines is 1. The van der Waals surface area contributed by atoms with E-state index in [-0.39, 0.29) is 19.0 Å². The number of hydrogen-bond acceptors (Lipinski definition) is 4. The summed E-state index contributed by atoms with van der Waals surface area (Å²) in [5.41, 5.74) is 1.66. The van der Waals surface area contributed by atoms with Crippen LogP contribution >= 0.6 is 0 Å². The standard InChI is InChI=1S/C15H17NO4/c1-3-20-15(18)16-12(10-14(17)19-2)9-8-11-6-4-5-7-13(11)16/h4-9,12H,3,10H2,1-2H3. The highest BCUT2D eigenvalue weighted by Crippen LogP contribution is 2.30. The number of nitrogens with zero attached hydrogens (tertiary/aromatic N) is 1. The average Bonchev–Trinajstić information content (AvgIpc) is 2.47. The minimum atomic E-state index is -0.460. The summed E-state index contributed by atoms with van der Waals surface area (Å²) in [5, 5.41) is 0. The topological polar surface area (TPSA) is 55.8 Å². The molecule has 0 fully saturated rings. The molecule has 106 valence electrons. The van der Waals surface area contributed by atoms with Gasteiger partial charge in [-0.2, -0.15) is 0 Å². The van der Waals surface area contributed by atoms with E-state index in [0.29, 0.717) is 0 Å². The maximum Gasteiger partial charge on any atom is 0.414 e. The number of hydrogen-bond donors (Lipinski definition) is 0. The summed E-state index contributed by atoms with van der Waals surface area (Å²) < 4.78 is 9.76. The summed E-state index contributed by atoms with van der Waals surface area (Å²) >= 11 is 0.